The van der Waals surface area contributed by atoms with Crippen LogP contribution < -0.4 is 4.90 Å². The van der Waals surface area contributed by atoms with E-state index in [1.165, 1.54) is 23.1 Å². The van der Waals surface area contributed by atoms with Crippen molar-refractivity contribution in [1.82, 2.24) is 4.98 Å². The van der Waals surface area contributed by atoms with E-state index in [1.807, 2.05) is 24.3 Å². The Labute approximate surface area is 216 Å². The van der Waals surface area contributed by atoms with Crippen LogP contribution in [0, 0.1) is 5.82 Å². The molecule has 4 aromatic rings. The van der Waals surface area contributed by atoms with Crippen LogP contribution in [-0.4, -0.2) is 21.8 Å². The third-order valence-electron chi connectivity index (χ3n) is 6.20. The summed E-state index contributed by atoms with van der Waals surface area (Å²) in [5.74, 6) is -2.35. The van der Waals surface area contributed by atoms with Gasteiger partial charge in [0.2, 0.25) is 0 Å². The van der Waals surface area contributed by atoms with E-state index in [0.717, 1.165) is 16.9 Å². The molecule has 1 N–H and O–H groups in total. The van der Waals surface area contributed by atoms with E-state index in [2.05, 4.69) is 25.8 Å². The minimum Gasteiger partial charge on any atom is -0.507 e. The lowest BCUT2D eigenvalue weighted by Gasteiger charge is -2.24. The number of aliphatic hydroxyl groups excluding tert-OH is 1. The monoisotopic (exact) mass is 520 g/mol. The molecule has 1 aliphatic rings. The van der Waals surface area contributed by atoms with E-state index in [-0.39, 0.29) is 21.9 Å². The van der Waals surface area contributed by atoms with E-state index in [9.17, 15) is 19.1 Å². The lowest BCUT2D eigenvalue weighted by atomic mass is 9.85. The molecule has 1 fully saturated rings. The third-order valence-corrected chi connectivity index (χ3v) is 7.47. The van der Waals surface area contributed by atoms with E-state index in [1.54, 1.807) is 24.3 Å². The number of nitrogens with zero attached hydrogens (tertiary/aromatic N) is 2. The number of ketones is 1. The summed E-state index contributed by atoms with van der Waals surface area (Å²) in [4.78, 5) is 32.5. The quantitative estimate of drug-likeness (QED) is 0.179. The van der Waals surface area contributed by atoms with Crippen LogP contribution in [-0.2, 0) is 15.0 Å². The Hall–Kier alpha value is -3.55. The van der Waals surface area contributed by atoms with Gasteiger partial charge in [-0.3, -0.25) is 14.5 Å². The zero-order valence-electron chi connectivity index (χ0n) is 19.8. The number of halogens is 2. The fourth-order valence-corrected chi connectivity index (χ4v) is 5.41. The van der Waals surface area contributed by atoms with Crippen LogP contribution in [0.4, 0.5) is 9.52 Å². The second-order valence-corrected chi connectivity index (χ2v) is 11.1. The largest absolute Gasteiger partial charge is 0.507 e. The summed E-state index contributed by atoms with van der Waals surface area (Å²) in [7, 11) is 0. The Balaban J connectivity index is 1.71. The lowest BCUT2D eigenvalue weighted by Crippen LogP contribution is -2.29. The third kappa shape index (κ3) is 4.18. The Morgan fingerprint density at radius 1 is 1.03 bits per heavy atom. The highest BCUT2D eigenvalue weighted by atomic mass is 35.5. The van der Waals surface area contributed by atoms with Crippen molar-refractivity contribution >= 4 is 55.7 Å². The molecule has 182 valence electrons. The molecule has 1 aliphatic heterocycles. The minimum atomic E-state index is -0.917. The molecule has 0 saturated carbocycles. The number of anilines is 1. The van der Waals surface area contributed by atoms with Crippen molar-refractivity contribution in [3.63, 3.8) is 0 Å². The van der Waals surface area contributed by atoms with Gasteiger partial charge >= 0.3 is 5.91 Å². The fourth-order valence-electron chi connectivity index (χ4n) is 4.26. The van der Waals surface area contributed by atoms with Crippen LogP contribution in [0.25, 0.3) is 16.0 Å². The van der Waals surface area contributed by atoms with Crippen LogP contribution >= 0.6 is 22.9 Å². The highest BCUT2D eigenvalue weighted by Crippen LogP contribution is 2.44. The van der Waals surface area contributed by atoms with Crippen LogP contribution in [0.3, 0.4) is 0 Å². The molecular formula is C28H22ClFN2O3S. The van der Waals surface area contributed by atoms with Gasteiger partial charge in [-0.2, -0.15) is 0 Å². The number of amides is 1. The maximum absolute atomic E-state index is 13.8. The van der Waals surface area contributed by atoms with E-state index >= 15 is 0 Å². The number of carbonyl (C=O) groups is 2. The molecule has 3 aromatic carbocycles. The number of rotatable bonds is 3. The molecule has 5 nitrogen and oxygen atoms in total. The van der Waals surface area contributed by atoms with Crippen LogP contribution in [0.1, 0.15) is 43.5 Å². The molecule has 1 saturated heterocycles. The van der Waals surface area contributed by atoms with Crippen LogP contribution in [0.5, 0.6) is 0 Å². The lowest BCUT2D eigenvalue weighted by molar-refractivity contribution is -0.132. The molecule has 5 rings (SSSR count). The number of aromatic nitrogens is 1. The Kier molecular flexibility index (Phi) is 5.93. The SMILES string of the molecule is CC(C)(C)c1ccc([C@@H]2C(=C(O)c3ccc(Cl)cc3)C(=O)C(=O)N2c2nc3ccc(F)cc3s2)cc1. The van der Waals surface area contributed by atoms with Gasteiger partial charge in [0.25, 0.3) is 5.78 Å². The summed E-state index contributed by atoms with van der Waals surface area (Å²) in [6.45, 7) is 6.28. The molecule has 2 heterocycles. The maximum Gasteiger partial charge on any atom is 0.301 e. The predicted octanol–water partition coefficient (Wildman–Crippen LogP) is 7.01. The molecular weight excluding hydrogens is 499 g/mol. The van der Waals surface area contributed by atoms with Gasteiger partial charge in [0, 0.05) is 10.6 Å². The van der Waals surface area contributed by atoms with Crippen molar-refractivity contribution < 1.29 is 19.1 Å². The second kappa shape index (κ2) is 8.84. The normalized spacial score (nSPS) is 17.8. The molecule has 0 radical (unpaired) electrons. The number of hydrogen-bond donors (Lipinski definition) is 1. The number of hydrogen-bond acceptors (Lipinski definition) is 5. The number of Topliss-reactive ketones (excluding diaryl/α,β-unsaturated/α-hetero) is 1. The summed E-state index contributed by atoms with van der Waals surface area (Å²) < 4.78 is 14.4. The van der Waals surface area contributed by atoms with Gasteiger partial charge in [-0.05, 0) is 59.0 Å². The number of aliphatic hydroxyl groups is 1. The molecule has 8 heteroatoms. The second-order valence-electron chi connectivity index (χ2n) is 9.66. The maximum atomic E-state index is 13.8. The first-order valence-electron chi connectivity index (χ1n) is 11.3. The minimum absolute atomic E-state index is 0.0451. The summed E-state index contributed by atoms with van der Waals surface area (Å²) in [5.41, 5.74) is 2.45. The number of carbonyl (C=O) groups excluding carboxylic acids is 2. The van der Waals surface area contributed by atoms with Gasteiger partial charge < -0.3 is 5.11 Å². The van der Waals surface area contributed by atoms with Crippen molar-refractivity contribution in [2.45, 2.75) is 32.2 Å². The number of benzene rings is 3. The first-order valence-corrected chi connectivity index (χ1v) is 12.5. The van der Waals surface area contributed by atoms with Crippen LogP contribution in [0.2, 0.25) is 5.02 Å². The molecule has 0 spiro atoms. The summed E-state index contributed by atoms with van der Waals surface area (Å²) in [6.07, 6.45) is 0. The molecule has 0 bridgehead atoms. The van der Waals surface area contributed by atoms with Crippen molar-refractivity contribution in [1.29, 1.82) is 0 Å². The summed E-state index contributed by atoms with van der Waals surface area (Å²) in [5, 5.41) is 11.9. The van der Waals surface area contributed by atoms with Crippen molar-refractivity contribution in [3.05, 3.63) is 99.8 Å². The van der Waals surface area contributed by atoms with Gasteiger partial charge in [-0.15, -0.1) is 0 Å². The average molecular weight is 521 g/mol. The predicted molar refractivity (Wildman–Crippen MR) is 141 cm³/mol. The van der Waals surface area contributed by atoms with Crippen molar-refractivity contribution in [2.24, 2.45) is 0 Å². The zero-order chi connectivity index (χ0) is 25.8. The summed E-state index contributed by atoms with van der Waals surface area (Å²) in [6, 6.07) is 17.2. The van der Waals surface area contributed by atoms with Crippen molar-refractivity contribution in [2.75, 3.05) is 4.90 Å². The van der Waals surface area contributed by atoms with E-state index in [4.69, 9.17) is 11.6 Å². The van der Waals surface area contributed by atoms with E-state index in [0.29, 0.717) is 26.4 Å². The van der Waals surface area contributed by atoms with Gasteiger partial charge in [0.15, 0.2) is 5.13 Å². The molecule has 0 aliphatic carbocycles. The number of thiazole rings is 1. The Morgan fingerprint density at radius 3 is 2.33 bits per heavy atom. The van der Waals surface area contributed by atoms with Gasteiger partial charge in [-0.25, -0.2) is 9.37 Å². The zero-order valence-corrected chi connectivity index (χ0v) is 21.3. The molecule has 0 unspecified atom stereocenters. The first kappa shape index (κ1) is 24.2. The molecule has 1 atom stereocenters. The first-order chi connectivity index (χ1) is 17.0. The topological polar surface area (TPSA) is 70.5 Å². The van der Waals surface area contributed by atoms with Gasteiger partial charge in [-0.1, -0.05) is 68.0 Å². The molecule has 1 amide bonds. The highest BCUT2D eigenvalue weighted by Gasteiger charge is 2.48. The Bertz CT molecular complexity index is 1540. The fraction of sp³-hybridized carbons (Fsp3) is 0.179. The van der Waals surface area contributed by atoms with Crippen molar-refractivity contribution in [3.8, 4) is 0 Å². The van der Waals surface area contributed by atoms with Crippen LogP contribution in [0.15, 0.2) is 72.3 Å². The standard InChI is InChI=1S/C28H22ClFN2O3S/c1-28(2,3)17-8-4-15(5-9-17)23-22(24(33)16-6-10-18(29)11-7-16)25(34)26(35)32(23)27-31-20-13-12-19(30)14-21(20)36-27/h4-14,23,33H,1-3H3/t23-/m1/s1. The summed E-state index contributed by atoms with van der Waals surface area (Å²) >= 11 is 7.11. The van der Waals surface area contributed by atoms with Gasteiger partial charge in [0.1, 0.15) is 11.6 Å². The average Bonchev–Trinajstić information content (AvgIpc) is 3.36. The Morgan fingerprint density at radius 2 is 1.69 bits per heavy atom. The molecule has 1 aromatic heterocycles. The van der Waals surface area contributed by atoms with Gasteiger partial charge in [0.05, 0.1) is 21.8 Å². The molecule has 36 heavy (non-hydrogen) atoms. The highest BCUT2D eigenvalue weighted by molar-refractivity contribution is 7.22. The number of fused-ring (bicyclic) bond motifs is 1. The smallest absolute Gasteiger partial charge is 0.301 e. The van der Waals surface area contributed by atoms with E-state index < -0.39 is 23.5 Å².